The summed E-state index contributed by atoms with van der Waals surface area (Å²) in [5.74, 6) is -0.0239. The predicted molar refractivity (Wildman–Crippen MR) is 174 cm³/mol. The van der Waals surface area contributed by atoms with Crippen molar-refractivity contribution in [2.75, 3.05) is 13.1 Å². The molecule has 0 spiro atoms. The van der Waals surface area contributed by atoms with Crippen molar-refractivity contribution in [1.29, 1.82) is 0 Å². The fourth-order valence-corrected chi connectivity index (χ4v) is 7.21. The van der Waals surface area contributed by atoms with Crippen LogP contribution in [0.15, 0.2) is 102 Å². The number of thiazole rings is 1. The zero-order chi connectivity index (χ0) is 31.8. The van der Waals surface area contributed by atoms with Crippen LogP contribution < -0.4 is 5.32 Å². The molecule has 0 aliphatic heterocycles. The number of fused-ring (bicyclic) bond motifs is 1. The second kappa shape index (κ2) is 14.8. The first-order valence-corrected chi connectivity index (χ1v) is 17.0. The van der Waals surface area contributed by atoms with Gasteiger partial charge in [-0.2, -0.15) is 4.31 Å². The van der Waals surface area contributed by atoms with E-state index in [0.29, 0.717) is 17.6 Å². The van der Waals surface area contributed by atoms with E-state index >= 15 is 0 Å². The molecule has 2 atom stereocenters. The lowest BCUT2D eigenvalue weighted by molar-refractivity contribution is 0.0876. The Bertz CT molecular complexity index is 1780. The van der Waals surface area contributed by atoms with Gasteiger partial charge in [-0.25, -0.2) is 18.2 Å². The largest absolute Gasteiger partial charge is 0.444 e. The van der Waals surface area contributed by atoms with Crippen LogP contribution in [-0.2, 0) is 34.3 Å². The lowest BCUT2D eigenvalue weighted by Crippen LogP contribution is -2.51. The highest BCUT2D eigenvalue weighted by Crippen LogP contribution is 2.24. The van der Waals surface area contributed by atoms with Crippen LogP contribution in [0.3, 0.4) is 0 Å². The molecule has 10 nitrogen and oxygen atoms in total. The fourth-order valence-electron chi connectivity index (χ4n) is 5.06. The number of ether oxygens (including phenoxy) is 1. The van der Waals surface area contributed by atoms with Crippen LogP contribution in [0.5, 0.6) is 0 Å². The lowest BCUT2D eigenvalue weighted by Gasteiger charge is -2.30. The molecule has 5 aromatic rings. The minimum Gasteiger partial charge on any atom is -0.444 e. The molecular weight excluding hydrogens is 611 g/mol. The molecule has 5 rings (SSSR count). The second-order valence-electron chi connectivity index (χ2n) is 11.3. The quantitative estimate of drug-likeness (QED) is 0.172. The van der Waals surface area contributed by atoms with E-state index in [0.717, 1.165) is 16.0 Å². The first-order chi connectivity index (χ1) is 21.7. The van der Waals surface area contributed by atoms with E-state index in [2.05, 4.69) is 15.3 Å². The number of amides is 1. The van der Waals surface area contributed by atoms with Crippen molar-refractivity contribution in [3.8, 4) is 0 Å². The van der Waals surface area contributed by atoms with Gasteiger partial charge in [-0.05, 0) is 41.7 Å². The third-order valence-electron chi connectivity index (χ3n) is 7.28. The summed E-state index contributed by atoms with van der Waals surface area (Å²) in [4.78, 5) is 22.1. The first-order valence-electron chi connectivity index (χ1n) is 14.7. The van der Waals surface area contributed by atoms with Crippen molar-refractivity contribution in [1.82, 2.24) is 24.2 Å². The highest BCUT2D eigenvalue weighted by Gasteiger charge is 2.32. The van der Waals surface area contributed by atoms with Gasteiger partial charge in [-0.3, -0.25) is 4.98 Å². The third kappa shape index (κ3) is 8.54. The van der Waals surface area contributed by atoms with Gasteiger partial charge < -0.3 is 19.7 Å². The molecule has 1 amide bonds. The second-order valence-corrected chi connectivity index (χ2v) is 14.2. The number of aliphatic hydroxyl groups is 1. The van der Waals surface area contributed by atoms with Crippen molar-refractivity contribution in [3.05, 3.63) is 113 Å². The molecule has 45 heavy (non-hydrogen) atoms. The number of carbonyl (C=O) groups is 1. The summed E-state index contributed by atoms with van der Waals surface area (Å²) in [6.45, 7) is 4.37. The normalized spacial score (nSPS) is 13.3. The van der Waals surface area contributed by atoms with Gasteiger partial charge in [0, 0.05) is 25.8 Å². The van der Waals surface area contributed by atoms with Gasteiger partial charge in [-0.1, -0.05) is 74.5 Å². The van der Waals surface area contributed by atoms with E-state index in [1.54, 1.807) is 36.2 Å². The number of hydrogen-bond donors (Lipinski definition) is 2. The Labute approximate surface area is 267 Å². The molecule has 0 radical (unpaired) electrons. The lowest BCUT2D eigenvalue weighted by atomic mass is 10.0. The smallest absolute Gasteiger partial charge is 0.407 e. The van der Waals surface area contributed by atoms with Crippen LogP contribution in [0.1, 0.15) is 29.9 Å². The molecule has 0 aliphatic rings. The van der Waals surface area contributed by atoms with E-state index < -0.39 is 28.3 Å². The molecule has 0 unspecified atom stereocenters. The van der Waals surface area contributed by atoms with Gasteiger partial charge in [0.25, 0.3) is 0 Å². The maximum atomic E-state index is 14.1. The van der Waals surface area contributed by atoms with Gasteiger partial charge in [0.15, 0.2) is 0 Å². The minimum atomic E-state index is -4.04. The molecular formula is C33H37N5O5S2. The van der Waals surface area contributed by atoms with Crippen molar-refractivity contribution in [2.24, 2.45) is 5.92 Å². The number of imidazole rings is 1. The van der Waals surface area contributed by atoms with E-state index in [-0.39, 0.29) is 36.9 Å². The minimum absolute atomic E-state index is 0.0239. The number of carbonyl (C=O) groups excluding carboxylic acids is 1. The molecule has 0 saturated carbocycles. The molecule has 0 aliphatic carbocycles. The van der Waals surface area contributed by atoms with E-state index in [4.69, 9.17) is 4.74 Å². The Kier molecular flexibility index (Phi) is 10.6. The van der Waals surface area contributed by atoms with Crippen molar-refractivity contribution in [2.45, 2.75) is 50.5 Å². The number of aromatic nitrogens is 3. The summed E-state index contributed by atoms with van der Waals surface area (Å²) >= 11 is 1.37. The monoisotopic (exact) mass is 647 g/mol. The molecule has 0 bridgehead atoms. The number of sulfonamides is 1. The summed E-state index contributed by atoms with van der Waals surface area (Å²) in [6, 6.07) is 23.3. The van der Waals surface area contributed by atoms with Crippen molar-refractivity contribution >= 4 is 38.5 Å². The van der Waals surface area contributed by atoms with Gasteiger partial charge in [0.2, 0.25) is 10.0 Å². The number of alkyl carbamates (subject to hydrolysis) is 1. The average Bonchev–Trinajstić information content (AvgIpc) is 3.70. The summed E-state index contributed by atoms with van der Waals surface area (Å²) in [5, 5.41) is 14.3. The number of benzene rings is 3. The Hall–Kier alpha value is -4.10. The average molecular weight is 648 g/mol. The molecule has 236 valence electrons. The van der Waals surface area contributed by atoms with Gasteiger partial charge >= 0.3 is 6.09 Å². The fraction of sp³-hybridized carbons (Fsp3) is 0.303. The van der Waals surface area contributed by atoms with Crippen molar-refractivity contribution in [3.63, 3.8) is 0 Å². The number of nitrogens with zero attached hydrogens (tertiary/aromatic N) is 4. The Morgan fingerprint density at radius 3 is 2.40 bits per heavy atom. The molecule has 3 aromatic carbocycles. The van der Waals surface area contributed by atoms with Gasteiger partial charge in [0.05, 0.1) is 44.8 Å². The van der Waals surface area contributed by atoms with Crippen LogP contribution in [0.4, 0.5) is 4.79 Å². The zero-order valence-corrected chi connectivity index (χ0v) is 26.8. The van der Waals surface area contributed by atoms with Crippen LogP contribution in [0.25, 0.3) is 11.0 Å². The predicted octanol–water partition coefficient (Wildman–Crippen LogP) is 5.09. The number of rotatable bonds is 14. The molecule has 2 N–H and O–H groups in total. The SMILES string of the molecule is CC(C)CN(C[C@@H](O)[C@H](Cc1ccccc1)NC(=O)OCc1cncs1)S(=O)(=O)c1ccc2ncn(Cc3ccccc3)c2c1. The molecule has 0 fully saturated rings. The zero-order valence-electron chi connectivity index (χ0n) is 25.2. The molecule has 0 saturated heterocycles. The van der Waals surface area contributed by atoms with Crippen LogP contribution >= 0.6 is 11.3 Å². The first kappa shape index (κ1) is 32.3. The number of hydrogen-bond acceptors (Lipinski definition) is 8. The Morgan fingerprint density at radius 1 is 1.02 bits per heavy atom. The van der Waals surface area contributed by atoms with Crippen molar-refractivity contribution < 1.29 is 23.1 Å². The molecule has 2 heterocycles. The third-order valence-corrected chi connectivity index (χ3v) is 9.86. The summed E-state index contributed by atoms with van der Waals surface area (Å²) in [5.41, 5.74) is 4.97. The van der Waals surface area contributed by atoms with Crippen LogP contribution in [-0.4, -0.2) is 63.7 Å². The van der Waals surface area contributed by atoms with Gasteiger partial charge in [0.1, 0.15) is 6.61 Å². The number of aliphatic hydroxyl groups excluding tert-OH is 1. The van der Waals surface area contributed by atoms with Crippen LogP contribution in [0.2, 0.25) is 0 Å². The van der Waals surface area contributed by atoms with E-state index in [9.17, 15) is 18.3 Å². The highest BCUT2D eigenvalue weighted by atomic mass is 32.2. The Morgan fingerprint density at radius 2 is 1.73 bits per heavy atom. The van der Waals surface area contributed by atoms with Crippen LogP contribution in [0, 0.1) is 5.92 Å². The summed E-state index contributed by atoms with van der Waals surface area (Å²) < 4.78 is 36.9. The highest BCUT2D eigenvalue weighted by molar-refractivity contribution is 7.89. The summed E-state index contributed by atoms with van der Waals surface area (Å²) in [6.07, 6.45) is 1.66. The van der Waals surface area contributed by atoms with E-state index in [1.165, 1.54) is 15.6 Å². The molecule has 12 heteroatoms. The summed E-state index contributed by atoms with van der Waals surface area (Å²) in [7, 11) is -4.04. The molecule has 2 aromatic heterocycles. The maximum Gasteiger partial charge on any atom is 0.407 e. The maximum absolute atomic E-state index is 14.1. The number of nitrogens with one attached hydrogen (secondary N) is 1. The van der Waals surface area contributed by atoms with Gasteiger partial charge in [-0.15, -0.1) is 11.3 Å². The Balaban J connectivity index is 1.38. The topological polar surface area (TPSA) is 127 Å². The van der Waals surface area contributed by atoms with E-state index in [1.807, 2.05) is 79.1 Å². The standard InChI is InChI=1S/C33H37N5O5S2/c1-24(2)18-38(45(41,42)28-13-14-29-31(16-28)37(22-35-29)19-26-11-7-4-8-12-26)20-32(39)30(15-25-9-5-3-6-10-25)36-33(40)43-21-27-17-34-23-44-27/h3-14,16-17,22-24,30,32,39H,15,18-21H2,1-2H3,(H,36,40)/t30-,32+/m0/s1.